The molecule has 1 aromatic heterocycles. The third kappa shape index (κ3) is 3.45. The first kappa shape index (κ1) is 11.9. The van der Waals surface area contributed by atoms with Crippen molar-refractivity contribution in [3.8, 4) is 0 Å². The molecule has 0 spiro atoms. The zero-order valence-corrected chi connectivity index (χ0v) is 8.98. The molecule has 0 unspecified atom stereocenters. The maximum Gasteiger partial charge on any atom is 0.206 e. The number of hydrogen-bond acceptors (Lipinski definition) is 4. The van der Waals surface area contributed by atoms with E-state index >= 15 is 0 Å². The Morgan fingerprint density at radius 2 is 2.47 bits per heavy atom. The highest BCUT2D eigenvalue weighted by atomic mass is 16.5. The molecule has 1 rings (SSSR count). The van der Waals surface area contributed by atoms with Gasteiger partial charge in [0.15, 0.2) is 0 Å². The van der Waals surface area contributed by atoms with Gasteiger partial charge >= 0.3 is 0 Å². The van der Waals surface area contributed by atoms with Crippen LogP contribution in [0.4, 0.5) is 0 Å². The van der Waals surface area contributed by atoms with E-state index in [1.165, 1.54) is 0 Å². The summed E-state index contributed by atoms with van der Waals surface area (Å²) in [4.78, 5) is 11.6. The maximum atomic E-state index is 11.6. The van der Waals surface area contributed by atoms with Crippen LogP contribution in [0.2, 0.25) is 0 Å². The van der Waals surface area contributed by atoms with Crippen molar-refractivity contribution < 1.29 is 9.53 Å². The second-order valence-corrected chi connectivity index (χ2v) is 3.20. The molecule has 2 N–H and O–H groups in total. The van der Waals surface area contributed by atoms with Crippen molar-refractivity contribution >= 4 is 5.78 Å². The Labute approximate surface area is 89.2 Å². The molecule has 0 saturated heterocycles. The summed E-state index contributed by atoms with van der Waals surface area (Å²) in [5.74, 6) is -0.0469. The Bertz CT molecular complexity index is 309. The molecule has 0 aromatic carbocycles. The van der Waals surface area contributed by atoms with Crippen molar-refractivity contribution in [1.82, 2.24) is 9.78 Å². The summed E-state index contributed by atoms with van der Waals surface area (Å²) in [5, 5.41) is 4.07. The quantitative estimate of drug-likeness (QED) is 0.525. The number of nitrogens with two attached hydrogens (primary N) is 1. The van der Waals surface area contributed by atoms with Crippen LogP contribution in [0.1, 0.15) is 23.8 Å². The highest BCUT2D eigenvalue weighted by Crippen LogP contribution is 2.02. The molecular formula is C10H17N3O2. The molecular weight excluding hydrogens is 194 g/mol. The van der Waals surface area contributed by atoms with Crippen LogP contribution in [0, 0.1) is 0 Å². The van der Waals surface area contributed by atoms with E-state index in [-0.39, 0.29) is 12.4 Å². The Kier molecular flexibility index (Phi) is 5.00. The minimum absolute atomic E-state index is 0.0469. The van der Waals surface area contributed by atoms with Gasteiger partial charge in [0.25, 0.3) is 0 Å². The van der Waals surface area contributed by atoms with Gasteiger partial charge in [-0.15, -0.1) is 0 Å². The van der Waals surface area contributed by atoms with E-state index in [9.17, 15) is 4.79 Å². The molecule has 1 heterocycles. The topological polar surface area (TPSA) is 70.1 Å². The summed E-state index contributed by atoms with van der Waals surface area (Å²) >= 11 is 0. The van der Waals surface area contributed by atoms with E-state index in [0.717, 1.165) is 13.0 Å². The van der Waals surface area contributed by atoms with Crippen LogP contribution in [0.3, 0.4) is 0 Å². The van der Waals surface area contributed by atoms with Gasteiger partial charge in [-0.25, -0.2) is 0 Å². The molecule has 0 saturated carbocycles. The van der Waals surface area contributed by atoms with Gasteiger partial charge in [-0.3, -0.25) is 9.48 Å². The lowest BCUT2D eigenvalue weighted by Gasteiger charge is -2.05. The molecule has 0 amide bonds. The predicted octanol–water partition coefficient (Wildman–Crippen LogP) is 0.451. The number of aryl methyl sites for hydroxylation is 1. The Balaban J connectivity index is 2.53. The number of rotatable bonds is 7. The average molecular weight is 211 g/mol. The molecule has 84 valence electrons. The van der Waals surface area contributed by atoms with Gasteiger partial charge in [0, 0.05) is 19.3 Å². The maximum absolute atomic E-state index is 11.6. The molecule has 0 atom stereocenters. The first-order chi connectivity index (χ1) is 7.29. The number of nitrogens with zero attached hydrogens (tertiary/aromatic N) is 2. The van der Waals surface area contributed by atoms with Crippen LogP contribution in [0.5, 0.6) is 0 Å². The van der Waals surface area contributed by atoms with E-state index in [4.69, 9.17) is 10.5 Å². The summed E-state index contributed by atoms with van der Waals surface area (Å²) in [6, 6.07) is 1.71. The van der Waals surface area contributed by atoms with Crippen LogP contribution in [0.25, 0.3) is 0 Å². The third-order valence-electron chi connectivity index (χ3n) is 1.93. The lowest BCUT2D eigenvalue weighted by atomic mass is 10.3. The van der Waals surface area contributed by atoms with Gasteiger partial charge < -0.3 is 10.5 Å². The number of Topliss-reactive ketones (excluding diaryl/α,β-unsaturated/α-hetero) is 1. The van der Waals surface area contributed by atoms with Crippen LogP contribution in [-0.2, 0) is 11.3 Å². The van der Waals surface area contributed by atoms with Crippen LogP contribution >= 0.6 is 0 Å². The molecule has 0 fully saturated rings. The largest absolute Gasteiger partial charge is 0.372 e. The molecule has 5 heteroatoms. The molecule has 5 nitrogen and oxygen atoms in total. The van der Waals surface area contributed by atoms with E-state index in [1.807, 2.05) is 6.92 Å². The Hall–Kier alpha value is -1.20. The zero-order valence-electron chi connectivity index (χ0n) is 8.98. The van der Waals surface area contributed by atoms with E-state index in [2.05, 4.69) is 5.10 Å². The number of ketones is 1. The lowest BCUT2D eigenvalue weighted by Crippen LogP contribution is -2.18. The van der Waals surface area contributed by atoms with Crippen molar-refractivity contribution in [3.63, 3.8) is 0 Å². The standard InChI is InChI=1S/C10H17N3O2/c1-2-6-13-9(3-5-12-13)10(14)8-15-7-4-11/h3,5H,2,4,6-8,11H2,1H3. The van der Waals surface area contributed by atoms with E-state index < -0.39 is 0 Å². The second-order valence-electron chi connectivity index (χ2n) is 3.20. The predicted molar refractivity (Wildman–Crippen MR) is 56.7 cm³/mol. The molecule has 0 aliphatic rings. The van der Waals surface area contributed by atoms with E-state index in [0.29, 0.717) is 18.8 Å². The van der Waals surface area contributed by atoms with Gasteiger partial charge in [0.05, 0.1) is 6.61 Å². The Morgan fingerprint density at radius 3 is 3.13 bits per heavy atom. The van der Waals surface area contributed by atoms with Crippen molar-refractivity contribution in [2.45, 2.75) is 19.9 Å². The monoisotopic (exact) mass is 211 g/mol. The molecule has 0 aliphatic heterocycles. The Morgan fingerprint density at radius 1 is 1.67 bits per heavy atom. The minimum Gasteiger partial charge on any atom is -0.372 e. The molecule has 0 bridgehead atoms. The minimum atomic E-state index is -0.0469. The smallest absolute Gasteiger partial charge is 0.206 e. The summed E-state index contributed by atoms with van der Waals surface area (Å²) < 4.78 is 6.79. The number of hydrogen-bond donors (Lipinski definition) is 1. The van der Waals surface area contributed by atoms with Gasteiger partial charge in [-0.1, -0.05) is 6.92 Å². The molecule has 0 radical (unpaired) electrons. The van der Waals surface area contributed by atoms with Crippen molar-refractivity contribution in [3.05, 3.63) is 18.0 Å². The van der Waals surface area contributed by atoms with E-state index in [1.54, 1.807) is 16.9 Å². The first-order valence-electron chi connectivity index (χ1n) is 5.12. The summed E-state index contributed by atoms with van der Waals surface area (Å²) in [7, 11) is 0. The van der Waals surface area contributed by atoms with Crippen LogP contribution in [-0.4, -0.2) is 35.3 Å². The zero-order chi connectivity index (χ0) is 11.1. The van der Waals surface area contributed by atoms with Crippen LogP contribution in [0.15, 0.2) is 12.3 Å². The average Bonchev–Trinajstić information content (AvgIpc) is 2.67. The first-order valence-corrected chi connectivity index (χ1v) is 5.12. The molecule has 15 heavy (non-hydrogen) atoms. The van der Waals surface area contributed by atoms with Crippen molar-refractivity contribution in [1.29, 1.82) is 0 Å². The number of aromatic nitrogens is 2. The fourth-order valence-electron chi connectivity index (χ4n) is 1.28. The number of carbonyl (C=O) groups excluding carboxylic acids is 1. The second kappa shape index (κ2) is 6.31. The SMILES string of the molecule is CCCn1nccc1C(=O)COCCN. The van der Waals surface area contributed by atoms with Gasteiger partial charge in [-0.05, 0) is 12.5 Å². The van der Waals surface area contributed by atoms with Crippen molar-refractivity contribution in [2.24, 2.45) is 5.73 Å². The van der Waals surface area contributed by atoms with Crippen molar-refractivity contribution in [2.75, 3.05) is 19.8 Å². The third-order valence-corrected chi connectivity index (χ3v) is 1.93. The van der Waals surface area contributed by atoms with Crippen LogP contribution < -0.4 is 5.73 Å². The number of ether oxygens (including phenoxy) is 1. The number of carbonyl (C=O) groups is 1. The highest BCUT2D eigenvalue weighted by Gasteiger charge is 2.11. The fraction of sp³-hybridized carbons (Fsp3) is 0.600. The van der Waals surface area contributed by atoms with Gasteiger partial charge in [0.2, 0.25) is 5.78 Å². The molecule has 0 aliphatic carbocycles. The summed E-state index contributed by atoms with van der Waals surface area (Å²) in [6.45, 7) is 3.72. The highest BCUT2D eigenvalue weighted by molar-refractivity contribution is 5.95. The summed E-state index contributed by atoms with van der Waals surface area (Å²) in [6.07, 6.45) is 2.58. The fourth-order valence-corrected chi connectivity index (χ4v) is 1.28. The normalized spacial score (nSPS) is 10.5. The molecule has 1 aromatic rings. The lowest BCUT2D eigenvalue weighted by molar-refractivity contribution is 0.0763. The van der Waals surface area contributed by atoms with Gasteiger partial charge in [-0.2, -0.15) is 5.10 Å². The van der Waals surface area contributed by atoms with Gasteiger partial charge in [0.1, 0.15) is 12.3 Å². The summed E-state index contributed by atoms with van der Waals surface area (Å²) in [5.41, 5.74) is 5.86.